The molecule has 0 bridgehead atoms. The molecule has 1 fully saturated rings. The Kier molecular flexibility index (Phi) is 6.58. The molecule has 4 N–H and O–H groups in total. The van der Waals surface area contributed by atoms with Crippen LogP contribution < -0.4 is 21.3 Å². The van der Waals surface area contributed by atoms with Crippen molar-refractivity contribution in [1.82, 2.24) is 20.2 Å². The predicted molar refractivity (Wildman–Crippen MR) is 130 cm³/mol. The van der Waals surface area contributed by atoms with Gasteiger partial charge in [0.2, 0.25) is 5.95 Å². The van der Waals surface area contributed by atoms with E-state index in [1.165, 1.54) is 17.8 Å². The van der Waals surface area contributed by atoms with E-state index in [9.17, 15) is 9.18 Å². The molecular formula is C24H29FN8O. The lowest BCUT2D eigenvalue weighted by Crippen LogP contribution is -2.43. The third-order valence-electron chi connectivity index (χ3n) is 5.70. The number of primary amides is 1. The molecule has 10 heteroatoms. The normalized spacial score (nSPS) is 16.2. The fourth-order valence-corrected chi connectivity index (χ4v) is 3.90. The van der Waals surface area contributed by atoms with Gasteiger partial charge in [-0.25, -0.2) is 4.39 Å². The van der Waals surface area contributed by atoms with Crippen LogP contribution >= 0.6 is 0 Å². The Hall–Kier alpha value is -3.82. The number of rotatable bonds is 6. The first-order valence-electron chi connectivity index (χ1n) is 11.2. The van der Waals surface area contributed by atoms with E-state index in [4.69, 9.17) is 5.73 Å². The number of carbonyl (C=O) groups is 1. The third kappa shape index (κ3) is 5.56. The number of nitrogens with one attached hydrogen (secondary N) is 2. The van der Waals surface area contributed by atoms with Crippen LogP contribution in [0.15, 0.2) is 42.7 Å². The number of nitrogens with two attached hydrogens (primary N) is 1. The second-order valence-corrected chi connectivity index (χ2v) is 9.45. The molecule has 9 nitrogen and oxygen atoms in total. The summed E-state index contributed by atoms with van der Waals surface area (Å²) >= 11 is 0. The lowest BCUT2D eigenvalue weighted by molar-refractivity contribution is 0.0995. The molecule has 1 aliphatic rings. The zero-order valence-corrected chi connectivity index (χ0v) is 19.5. The molecule has 0 saturated carbocycles. The summed E-state index contributed by atoms with van der Waals surface area (Å²) in [5.74, 6) is -0.826. The van der Waals surface area contributed by atoms with E-state index in [-0.39, 0.29) is 23.0 Å². The second-order valence-electron chi connectivity index (χ2n) is 9.45. The first kappa shape index (κ1) is 23.3. The molecule has 0 aliphatic carbocycles. The van der Waals surface area contributed by atoms with Crippen LogP contribution in [0.25, 0.3) is 0 Å². The minimum Gasteiger partial charge on any atom is -0.381 e. The first-order valence-corrected chi connectivity index (χ1v) is 11.2. The van der Waals surface area contributed by atoms with Gasteiger partial charge in [0.1, 0.15) is 5.82 Å². The fourth-order valence-electron chi connectivity index (χ4n) is 3.90. The number of benzene rings is 1. The number of nitrogens with zero attached hydrogens (tertiary/aromatic N) is 5. The van der Waals surface area contributed by atoms with E-state index in [0.29, 0.717) is 18.2 Å². The van der Waals surface area contributed by atoms with Gasteiger partial charge < -0.3 is 21.3 Å². The number of pyridine rings is 1. The Bertz CT molecular complexity index is 1160. The molecular weight excluding hydrogens is 435 g/mol. The molecule has 3 heterocycles. The highest BCUT2D eigenvalue weighted by molar-refractivity contribution is 5.96. The molecule has 1 aromatic carbocycles. The maximum absolute atomic E-state index is 13.5. The van der Waals surface area contributed by atoms with Crippen LogP contribution in [-0.4, -0.2) is 45.2 Å². The van der Waals surface area contributed by atoms with E-state index in [1.807, 2.05) is 4.90 Å². The number of carbonyl (C=O) groups excluding carboxylic acids is 1. The number of anilines is 4. The van der Waals surface area contributed by atoms with E-state index in [1.54, 1.807) is 0 Å². The molecule has 1 atom stereocenters. The summed E-state index contributed by atoms with van der Waals surface area (Å²) in [6, 6.07) is 9.95. The molecule has 1 amide bonds. The van der Waals surface area contributed by atoms with E-state index in [0.717, 1.165) is 31.3 Å². The Balaban J connectivity index is 1.50. The fraction of sp³-hybridized carbons (Fsp3) is 0.375. The topological polar surface area (TPSA) is 122 Å². The van der Waals surface area contributed by atoms with Gasteiger partial charge in [-0.1, -0.05) is 32.9 Å². The van der Waals surface area contributed by atoms with Crippen molar-refractivity contribution in [1.29, 1.82) is 0 Å². The van der Waals surface area contributed by atoms with Crippen molar-refractivity contribution in [3.05, 3.63) is 59.8 Å². The van der Waals surface area contributed by atoms with Crippen molar-refractivity contribution < 1.29 is 9.18 Å². The van der Waals surface area contributed by atoms with Crippen LogP contribution in [0.1, 0.15) is 49.7 Å². The highest BCUT2D eigenvalue weighted by atomic mass is 19.1. The van der Waals surface area contributed by atoms with Gasteiger partial charge in [-0.15, -0.1) is 10.2 Å². The third-order valence-corrected chi connectivity index (χ3v) is 5.70. The standard InChI is InChI=1S/C24H29FN8O/c1-24(2,3)15-6-8-17(9-7-15)28-18-5-4-10-33(14-18)23-30-22(20(21(26)34)31-32-23)29-19-11-16(25)12-27-13-19/h6-9,11-13,18,28H,4-5,10,14H2,1-3H3,(H2,26,34)(H,29,30,32). The molecule has 178 valence electrons. The monoisotopic (exact) mass is 464 g/mol. The largest absolute Gasteiger partial charge is 0.381 e. The summed E-state index contributed by atoms with van der Waals surface area (Å²) in [5, 5.41) is 14.6. The highest BCUT2D eigenvalue weighted by Crippen LogP contribution is 2.26. The molecule has 4 rings (SSSR count). The Labute approximate surface area is 198 Å². The quantitative estimate of drug-likeness (QED) is 0.506. The summed E-state index contributed by atoms with van der Waals surface area (Å²) in [6.45, 7) is 8.00. The number of halogens is 1. The van der Waals surface area contributed by atoms with Crippen LogP contribution in [0.4, 0.5) is 27.5 Å². The average Bonchev–Trinajstić information content (AvgIpc) is 2.79. The number of aromatic nitrogens is 4. The number of piperidine rings is 1. The molecule has 1 aliphatic heterocycles. The van der Waals surface area contributed by atoms with Gasteiger partial charge in [0, 0.05) is 30.9 Å². The zero-order valence-electron chi connectivity index (χ0n) is 19.5. The number of amides is 1. The van der Waals surface area contributed by atoms with Crippen LogP contribution in [0.2, 0.25) is 0 Å². The Morgan fingerprint density at radius 2 is 1.91 bits per heavy atom. The molecule has 34 heavy (non-hydrogen) atoms. The van der Waals surface area contributed by atoms with Crippen LogP contribution in [0.5, 0.6) is 0 Å². The van der Waals surface area contributed by atoms with Crippen molar-refractivity contribution in [3.63, 3.8) is 0 Å². The minimum atomic E-state index is -0.782. The van der Waals surface area contributed by atoms with Gasteiger partial charge in [0.25, 0.3) is 5.91 Å². The second kappa shape index (κ2) is 9.58. The minimum absolute atomic E-state index is 0.106. The molecule has 1 unspecified atom stereocenters. The summed E-state index contributed by atoms with van der Waals surface area (Å²) < 4.78 is 13.5. The van der Waals surface area contributed by atoms with E-state index >= 15 is 0 Å². The first-order chi connectivity index (χ1) is 16.2. The lowest BCUT2D eigenvalue weighted by Gasteiger charge is -2.33. The Morgan fingerprint density at radius 3 is 2.59 bits per heavy atom. The highest BCUT2D eigenvalue weighted by Gasteiger charge is 2.24. The molecule has 0 spiro atoms. The SMILES string of the molecule is CC(C)(C)c1ccc(NC2CCCN(c3nnc(C(N)=O)c(Nc4cncc(F)c4)n3)C2)cc1. The van der Waals surface area contributed by atoms with Crippen molar-refractivity contribution in [2.45, 2.75) is 45.1 Å². The van der Waals surface area contributed by atoms with Crippen molar-refractivity contribution >= 4 is 29.0 Å². The Morgan fingerprint density at radius 1 is 1.15 bits per heavy atom. The molecule has 3 aromatic rings. The maximum Gasteiger partial charge on any atom is 0.273 e. The smallest absolute Gasteiger partial charge is 0.273 e. The van der Waals surface area contributed by atoms with Gasteiger partial charge >= 0.3 is 0 Å². The lowest BCUT2D eigenvalue weighted by atomic mass is 9.87. The maximum atomic E-state index is 13.5. The summed E-state index contributed by atoms with van der Waals surface area (Å²) in [6.07, 6.45) is 4.45. The van der Waals surface area contributed by atoms with Gasteiger partial charge in [-0.05, 0) is 36.0 Å². The average molecular weight is 465 g/mol. The van der Waals surface area contributed by atoms with Gasteiger partial charge in [-0.3, -0.25) is 9.78 Å². The van der Waals surface area contributed by atoms with Crippen molar-refractivity contribution in [2.75, 3.05) is 28.6 Å². The summed E-state index contributed by atoms with van der Waals surface area (Å²) in [5.41, 5.74) is 8.08. The van der Waals surface area contributed by atoms with Gasteiger partial charge in [-0.2, -0.15) is 4.98 Å². The molecule has 2 aromatic heterocycles. The van der Waals surface area contributed by atoms with Crippen LogP contribution in [0, 0.1) is 5.82 Å². The van der Waals surface area contributed by atoms with Gasteiger partial charge in [0.05, 0.1) is 18.1 Å². The van der Waals surface area contributed by atoms with Crippen molar-refractivity contribution in [2.24, 2.45) is 5.73 Å². The van der Waals surface area contributed by atoms with Crippen molar-refractivity contribution in [3.8, 4) is 0 Å². The molecule has 1 saturated heterocycles. The summed E-state index contributed by atoms with van der Waals surface area (Å²) in [4.78, 5) is 22.1. The molecule has 0 radical (unpaired) electrons. The summed E-state index contributed by atoms with van der Waals surface area (Å²) in [7, 11) is 0. The van der Waals surface area contributed by atoms with Crippen LogP contribution in [0.3, 0.4) is 0 Å². The predicted octanol–water partition coefficient (Wildman–Crippen LogP) is 3.63. The zero-order chi connectivity index (χ0) is 24.3. The van der Waals surface area contributed by atoms with E-state index in [2.05, 4.69) is 75.8 Å². The van der Waals surface area contributed by atoms with Gasteiger partial charge in [0.15, 0.2) is 11.5 Å². The van der Waals surface area contributed by atoms with E-state index < -0.39 is 11.7 Å². The number of hydrogen-bond donors (Lipinski definition) is 3. The van der Waals surface area contributed by atoms with Crippen LogP contribution in [-0.2, 0) is 5.41 Å². The number of hydrogen-bond acceptors (Lipinski definition) is 8.